The van der Waals surface area contributed by atoms with Crippen molar-refractivity contribution >= 4 is 40.3 Å². The summed E-state index contributed by atoms with van der Waals surface area (Å²) in [6.45, 7) is 5.98. The van der Waals surface area contributed by atoms with Crippen LogP contribution in [0.15, 0.2) is 85.2 Å². The van der Waals surface area contributed by atoms with Crippen LogP contribution in [0.4, 0.5) is 0 Å². The van der Waals surface area contributed by atoms with Gasteiger partial charge in [-0.3, -0.25) is 44.2 Å². The molecule has 1 saturated heterocycles. The predicted octanol–water partition coefficient (Wildman–Crippen LogP) is 4.84. The van der Waals surface area contributed by atoms with Crippen LogP contribution in [-0.2, 0) is 47.0 Å². The quantitative estimate of drug-likeness (QED) is 0.206. The second kappa shape index (κ2) is 14.8. The first-order chi connectivity index (χ1) is 28.2. The topological polar surface area (TPSA) is 172 Å². The summed E-state index contributed by atoms with van der Waals surface area (Å²) in [5, 5.41) is 7.19. The molecule has 0 bridgehead atoms. The predicted molar refractivity (Wildman–Crippen MR) is 214 cm³/mol. The molecule has 6 aromatic rings. The van der Waals surface area contributed by atoms with Gasteiger partial charge in [0.1, 0.15) is 17.6 Å². The number of aryl methyl sites for hydroxylation is 1. The number of rotatable bonds is 8. The van der Waals surface area contributed by atoms with Crippen LogP contribution in [0, 0.1) is 0 Å². The molecular weight excluding hydrogens is 735 g/mol. The Bertz CT molecular complexity index is 2690. The van der Waals surface area contributed by atoms with E-state index in [1.807, 2.05) is 59.6 Å². The van der Waals surface area contributed by atoms with Crippen LogP contribution < -0.4 is 10.6 Å². The Labute approximate surface area is 333 Å². The summed E-state index contributed by atoms with van der Waals surface area (Å²) in [6.07, 6.45) is 4.74. The van der Waals surface area contributed by atoms with Crippen LogP contribution in [0.5, 0.6) is 0 Å². The average Bonchev–Trinajstić information content (AvgIpc) is 3.79. The molecular formula is C44H39N9O5. The van der Waals surface area contributed by atoms with E-state index < -0.39 is 11.9 Å². The average molecular weight is 774 g/mol. The summed E-state index contributed by atoms with van der Waals surface area (Å²) in [5.74, 6) is -0.351. The molecule has 290 valence electrons. The standard InChI is InChI=1S/C44H39N9O5/c1-3-39-49-41(38-24-51(25(2)54)17-18-52(38)39)30-10-4-7-26-19-36(46-22-32(26)30)27-13-14-35(45-20-27)42(56)47-21-28-8-5-12-34(48-28)29-9-6-11-31-33(29)23-53(44(31)58)37-15-16-40(55)50-43(37)57/h4-14,19-20,22,37H,3,15-18,21,23-24H2,1-2H3,(H,47,56)(H,50,55,57). The Morgan fingerprint density at radius 3 is 2.47 bits per heavy atom. The number of benzene rings is 2. The molecule has 1 atom stereocenters. The lowest BCUT2D eigenvalue weighted by molar-refractivity contribution is -0.137. The SMILES string of the molecule is CCc1nc(-c2cccc3cc(-c4ccc(C(=O)NCc5cccc(-c6cccc7c6CN(C6CCC(=O)NC6=O)C7=O)n5)nc4)ncc23)c2n1CCN(C(C)=O)C2. The van der Waals surface area contributed by atoms with Gasteiger partial charge < -0.3 is 19.7 Å². The Kier molecular flexibility index (Phi) is 9.31. The second-order valence-corrected chi connectivity index (χ2v) is 14.7. The maximum atomic E-state index is 13.3. The van der Waals surface area contributed by atoms with Crippen LogP contribution in [0.3, 0.4) is 0 Å². The molecule has 2 aromatic carbocycles. The van der Waals surface area contributed by atoms with Crippen molar-refractivity contribution in [3.05, 3.63) is 119 Å². The van der Waals surface area contributed by atoms with Gasteiger partial charge in [-0.25, -0.2) is 4.98 Å². The first-order valence-corrected chi connectivity index (χ1v) is 19.4. The van der Waals surface area contributed by atoms with Gasteiger partial charge in [-0.2, -0.15) is 0 Å². The van der Waals surface area contributed by atoms with Crippen LogP contribution in [0.2, 0.25) is 0 Å². The van der Waals surface area contributed by atoms with E-state index in [1.54, 1.807) is 31.3 Å². The van der Waals surface area contributed by atoms with Crippen molar-refractivity contribution in [3.8, 4) is 33.8 Å². The number of imidazole rings is 1. The molecule has 14 nitrogen and oxygen atoms in total. The molecule has 5 amide bonds. The molecule has 1 unspecified atom stereocenters. The van der Waals surface area contributed by atoms with Gasteiger partial charge in [0.15, 0.2) is 0 Å². The van der Waals surface area contributed by atoms with Crippen LogP contribution in [0.25, 0.3) is 44.5 Å². The van der Waals surface area contributed by atoms with E-state index in [-0.39, 0.29) is 55.3 Å². The monoisotopic (exact) mass is 773 g/mol. The van der Waals surface area contributed by atoms with Gasteiger partial charge in [-0.15, -0.1) is 0 Å². The fraction of sp³-hybridized carbons (Fsp3) is 0.250. The maximum absolute atomic E-state index is 13.3. The lowest BCUT2D eigenvalue weighted by Gasteiger charge is -2.29. The lowest BCUT2D eigenvalue weighted by Crippen LogP contribution is -2.52. The van der Waals surface area contributed by atoms with Gasteiger partial charge in [-0.1, -0.05) is 43.3 Å². The molecule has 0 spiro atoms. The van der Waals surface area contributed by atoms with E-state index in [0.29, 0.717) is 35.7 Å². The van der Waals surface area contributed by atoms with Crippen molar-refractivity contribution < 1.29 is 24.0 Å². The van der Waals surface area contributed by atoms with Crippen molar-refractivity contribution in [2.45, 2.75) is 65.3 Å². The van der Waals surface area contributed by atoms with Crippen LogP contribution >= 0.6 is 0 Å². The van der Waals surface area contributed by atoms with Crippen LogP contribution in [-0.4, -0.2) is 76.4 Å². The van der Waals surface area contributed by atoms with Gasteiger partial charge in [-0.05, 0) is 53.8 Å². The normalized spacial score (nSPS) is 16.3. The van der Waals surface area contributed by atoms with Gasteiger partial charge in [0.25, 0.3) is 11.8 Å². The third-order valence-electron chi connectivity index (χ3n) is 11.3. The fourth-order valence-electron chi connectivity index (χ4n) is 8.23. The minimum atomic E-state index is -0.712. The van der Waals surface area contributed by atoms with Gasteiger partial charge in [0.05, 0.1) is 41.6 Å². The van der Waals surface area contributed by atoms with Gasteiger partial charge in [0.2, 0.25) is 17.7 Å². The number of fused-ring (bicyclic) bond motifs is 3. The van der Waals surface area contributed by atoms with Crippen molar-refractivity contribution in [3.63, 3.8) is 0 Å². The second-order valence-electron chi connectivity index (χ2n) is 14.7. The van der Waals surface area contributed by atoms with Crippen molar-refractivity contribution in [1.29, 1.82) is 0 Å². The zero-order valence-electron chi connectivity index (χ0n) is 32.0. The zero-order valence-corrected chi connectivity index (χ0v) is 32.0. The van der Waals surface area contributed by atoms with E-state index in [0.717, 1.165) is 63.2 Å². The number of pyridine rings is 3. The highest BCUT2D eigenvalue weighted by Gasteiger charge is 2.40. The highest BCUT2D eigenvalue weighted by molar-refractivity contribution is 6.06. The number of hydrogen-bond donors (Lipinski definition) is 2. The number of nitrogens with zero attached hydrogens (tertiary/aromatic N) is 7. The summed E-state index contributed by atoms with van der Waals surface area (Å²) >= 11 is 0. The lowest BCUT2D eigenvalue weighted by atomic mass is 10.00. The first kappa shape index (κ1) is 36.5. The minimum Gasteiger partial charge on any atom is -0.345 e. The van der Waals surface area contributed by atoms with Crippen molar-refractivity contribution in [2.75, 3.05) is 6.54 Å². The molecule has 0 aliphatic carbocycles. The fourth-order valence-corrected chi connectivity index (χ4v) is 8.23. The summed E-state index contributed by atoms with van der Waals surface area (Å²) < 4.78 is 2.24. The number of piperidine rings is 1. The minimum absolute atomic E-state index is 0.0513. The molecule has 2 N–H and O–H groups in total. The smallest absolute Gasteiger partial charge is 0.270 e. The number of imide groups is 1. The van der Waals surface area contributed by atoms with Crippen molar-refractivity contribution in [1.82, 2.24) is 44.9 Å². The summed E-state index contributed by atoms with van der Waals surface area (Å²) in [7, 11) is 0. The summed E-state index contributed by atoms with van der Waals surface area (Å²) in [6, 6.07) is 21.8. The van der Waals surface area contributed by atoms with E-state index in [4.69, 9.17) is 15.0 Å². The van der Waals surface area contributed by atoms with E-state index in [2.05, 4.69) is 33.2 Å². The number of carbonyl (C=O) groups is 5. The number of aromatic nitrogens is 5. The molecule has 58 heavy (non-hydrogen) atoms. The Morgan fingerprint density at radius 1 is 0.862 bits per heavy atom. The molecule has 9 rings (SSSR count). The number of nitrogens with one attached hydrogen (secondary N) is 2. The number of hydrogen-bond acceptors (Lipinski definition) is 9. The van der Waals surface area contributed by atoms with Gasteiger partial charge >= 0.3 is 0 Å². The van der Waals surface area contributed by atoms with E-state index in [9.17, 15) is 24.0 Å². The van der Waals surface area contributed by atoms with Crippen molar-refractivity contribution in [2.24, 2.45) is 0 Å². The molecule has 14 heteroatoms. The first-order valence-electron chi connectivity index (χ1n) is 19.4. The number of amides is 5. The maximum Gasteiger partial charge on any atom is 0.270 e. The third-order valence-corrected chi connectivity index (χ3v) is 11.3. The van der Waals surface area contributed by atoms with E-state index in [1.165, 1.54) is 4.90 Å². The molecule has 4 aromatic heterocycles. The highest BCUT2D eigenvalue weighted by Crippen LogP contribution is 2.36. The molecule has 7 heterocycles. The number of carbonyl (C=O) groups excluding carboxylic acids is 5. The Balaban J connectivity index is 0.888. The summed E-state index contributed by atoms with van der Waals surface area (Å²) in [5.41, 5.74) is 7.87. The Morgan fingerprint density at radius 2 is 1.67 bits per heavy atom. The molecule has 0 saturated carbocycles. The molecule has 3 aliphatic heterocycles. The molecule has 3 aliphatic rings. The van der Waals surface area contributed by atoms with E-state index >= 15 is 0 Å². The third kappa shape index (κ3) is 6.55. The largest absolute Gasteiger partial charge is 0.345 e. The molecule has 1 fully saturated rings. The highest BCUT2D eigenvalue weighted by atomic mass is 16.2. The summed E-state index contributed by atoms with van der Waals surface area (Å²) in [4.78, 5) is 85.5. The zero-order chi connectivity index (χ0) is 40.1. The Hall–Kier alpha value is -7.09. The van der Waals surface area contributed by atoms with Crippen LogP contribution in [0.1, 0.15) is 70.3 Å². The van der Waals surface area contributed by atoms with Gasteiger partial charge in [0, 0.05) is 79.4 Å². The molecule has 0 radical (unpaired) electrons.